The van der Waals surface area contributed by atoms with E-state index in [9.17, 15) is 14.7 Å². The third kappa shape index (κ3) is 6.87. The number of rotatable bonds is 8. The second-order valence-electron chi connectivity index (χ2n) is 11.9. The Morgan fingerprint density at radius 2 is 1.86 bits per heavy atom. The number of unbranched alkanes of at least 4 members (excludes halogenated alkanes) is 1. The van der Waals surface area contributed by atoms with Gasteiger partial charge < -0.3 is 25.5 Å². The number of nitrogens with zero attached hydrogens (tertiary/aromatic N) is 6. The van der Waals surface area contributed by atoms with E-state index in [-0.39, 0.29) is 29.6 Å². The van der Waals surface area contributed by atoms with Crippen LogP contribution in [0.2, 0.25) is 5.02 Å². The molecule has 12 nitrogen and oxygen atoms in total. The summed E-state index contributed by atoms with van der Waals surface area (Å²) in [6.07, 6.45) is 2.94. The molecule has 1 aliphatic heterocycles. The van der Waals surface area contributed by atoms with Gasteiger partial charge in [0.2, 0.25) is 5.91 Å². The highest BCUT2D eigenvalue weighted by Gasteiger charge is 2.24. The summed E-state index contributed by atoms with van der Waals surface area (Å²) in [5.74, 6) is 6.67. The summed E-state index contributed by atoms with van der Waals surface area (Å²) in [7, 11) is 0. The van der Waals surface area contributed by atoms with Gasteiger partial charge in [-0.2, -0.15) is 5.10 Å². The van der Waals surface area contributed by atoms with Crippen LogP contribution < -0.4 is 11.3 Å². The number of nitrogen functional groups attached to an aromatic ring is 1. The number of benzene rings is 3. The SMILES string of the molecule is Nc1ncnc2c1c(-c1ccc(O)cc1)nn2CC(c1cccc(Cl)c1)c1nc2cccc(C#CCCCC(=O)N3CCOCC3)c2c(=O)[nH]1. The monoisotopic (exact) mass is 688 g/mol. The molecule has 1 atom stereocenters. The maximum Gasteiger partial charge on any atom is 0.260 e. The van der Waals surface area contributed by atoms with E-state index in [4.69, 9.17) is 32.2 Å². The van der Waals surface area contributed by atoms with Crippen molar-refractivity contribution in [2.45, 2.75) is 31.7 Å². The summed E-state index contributed by atoms with van der Waals surface area (Å²) in [6, 6.07) is 19.4. The van der Waals surface area contributed by atoms with Gasteiger partial charge in [-0.1, -0.05) is 41.6 Å². The molecule has 13 heteroatoms. The smallest absolute Gasteiger partial charge is 0.260 e. The fourth-order valence-electron chi connectivity index (χ4n) is 6.16. The number of nitrogens with one attached hydrogen (secondary N) is 1. The molecule has 1 amide bonds. The van der Waals surface area contributed by atoms with Crippen molar-refractivity contribution in [3.05, 3.63) is 105 Å². The normalized spacial score (nSPS) is 13.7. The highest BCUT2D eigenvalue weighted by atomic mass is 35.5. The maximum atomic E-state index is 13.8. The second kappa shape index (κ2) is 14.4. The Morgan fingerprint density at radius 1 is 1.06 bits per heavy atom. The van der Waals surface area contributed by atoms with Crippen LogP contribution >= 0.6 is 11.6 Å². The number of aromatic nitrogens is 6. The minimum absolute atomic E-state index is 0.110. The van der Waals surface area contributed by atoms with Crippen LogP contribution in [0.15, 0.2) is 77.9 Å². The van der Waals surface area contributed by atoms with Crippen molar-refractivity contribution >= 4 is 45.3 Å². The number of carbonyl (C=O) groups excluding carboxylic acids is 1. The van der Waals surface area contributed by atoms with Crippen LogP contribution in [0.5, 0.6) is 5.75 Å². The summed E-state index contributed by atoms with van der Waals surface area (Å²) in [4.78, 5) is 44.7. The Balaban J connectivity index is 1.22. The fraction of sp³-hybridized carbons (Fsp3) is 0.243. The summed E-state index contributed by atoms with van der Waals surface area (Å²) in [5.41, 5.74) is 9.65. The second-order valence-corrected chi connectivity index (χ2v) is 12.4. The number of phenolic OH excluding ortho intramolecular Hbond substituents is 1. The van der Waals surface area contributed by atoms with Crippen molar-refractivity contribution in [3.63, 3.8) is 0 Å². The van der Waals surface area contributed by atoms with Crippen molar-refractivity contribution in [1.82, 2.24) is 34.6 Å². The van der Waals surface area contributed by atoms with E-state index in [2.05, 4.69) is 26.8 Å². The molecule has 3 aromatic heterocycles. The zero-order chi connectivity index (χ0) is 34.6. The van der Waals surface area contributed by atoms with Gasteiger partial charge in [-0.25, -0.2) is 19.6 Å². The molecule has 0 radical (unpaired) electrons. The number of nitrogens with two attached hydrogens (primary N) is 1. The van der Waals surface area contributed by atoms with E-state index in [1.54, 1.807) is 47.1 Å². The minimum atomic E-state index is -0.503. The minimum Gasteiger partial charge on any atom is -0.508 e. The molecule has 1 saturated heterocycles. The van der Waals surface area contributed by atoms with Crippen LogP contribution in [0, 0.1) is 11.8 Å². The molecule has 4 N–H and O–H groups in total. The topological polar surface area (TPSA) is 165 Å². The molecule has 3 aromatic carbocycles. The summed E-state index contributed by atoms with van der Waals surface area (Å²) in [5, 5.41) is 16.2. The molecule has 6 aromatic rings. The highest BCUT2D eigenvalue weighted by Crippen LogP contribution is 2.33. The number of amides is 1. The first-order valence-electron chi connectivity index (χ1n) is 16.2. The largest absolute Gasteiger partial charge is 0.508 e. The number of H-pyrrole nitrogens is 1. The number of phenols is 1. The molecule has 1 aliphatic rings. The molecule has 0 bridgehead atoms. The van der Waals surface area contributed by atoms with Gasteiger partial charge in [0.1, 0.15) is 29.4 Å². The van der Waals surface area contributed by atoms with Gasteiger partial charge in [-0.05, 0) is 60.5 Å². The molecule has 0 saturated carbocycles. The Hall–Kier alpha value is -5.77. The van der Waals surface area contributed by atoms with Crippen molar-refractivity contribution < 1.29 is 14.6 Å². The zero-order valence-corrected chi connectivity index (χ0v) is 27.7. The van der Waals surface area contributed by atoms with Crippen LogP contribution in [0.4, 0.5) is 5.82 Å². The standard InChI is InChI=1S/C37H33ClN8O4/c38-26-9-4-8-25(20-26)28(21-46-36-32(34(39)40-22-41-36)33(44-46)24-12-14-27(47)15-13-24)35-42-29-10-5-7-23(31(29)37(49)43-35)6-2-1-3-11-30(48)45-16-18-50-19-17-45/h4-5,7-10,12-15,20,22,28,47H,1,3,11,16-19,21H2,(H2,39,40,41)(H,42,43,49). The average molecular weight is 689 g/mol. The third-order valence-electron chi connectivity index (χ3n) is 8.67. The summed E-state index contributed by atoms with van der Waals surface area (Å²) in [6.45, 7) is 2.62. The molecule has 0 aliphatic carbocycles. The first kappa shape index (κ1) is 32.8. The number of ether oxygens (including phenoxy) is 1. The van der Waals surface area contributed by atoms with Crippen LogP contribution in [0.25, 0.3) is 33.2 Å². The molecular weight excluding hydrogens is 656 g/mol. The van der Waals surface area contributed by atoms with E-state index in [0.29, 0.717) is 89.6 Å². The summed E-state index contributed by atoms with van der Waals surface area (Å²) >= 11 is 6.45. The van der Waals surface area contributed by atoms with Gasteiger partial charge in [-0.3, -0.25) is 9.59 Å². The lowest BCUT2D eigenvalue weighted by Gasteiger charge is -2.26. The predicted molar refractivity (Wildman–Crippen MR) is 191 cm³/mol. The van der Waals surface area contributed by atoms with Crippen LogP contribution in [-0.4, -0.2) is 71.9 Å². The van der Waals surface area contributed by atoms with Crippen molar-refractivity contribution in [1.29, 1.82) is 0 Å². The van der Waals surface area contributed by atoms with Crippen LogP contribution in [0.3, 0.4) is 0 Å². The Labute approximate surface area is 291 Å². The van der Waals surface area contributed by atoms with E-state index in [1.165, 1.54) is 6.33 Å². The van der Waals surface area contributed by atoms with Gasteiger partial charge in [0.15, 0.2) is 5.65 Å². The number of hydrogen-bond donors (Lipinski definition) is 3. The predicted octanol–water partition coefficient (Wildman–Crippen LogP) is 4.88. The summed E-state index contributed by atoms with van der Waals surface area (Å²) < 4.78 is 7.04. The Morgan fingerprint density at radius 3 is 2.66 bits per heavy atom. The Kier molecular flexibility index (Phi) is 9.42. The molecule has 1 fully saturated rings. The van der Waals surface area contributed by atoms with Gasteiger partial charge in [0, 0.05) is 42.1 Å². The lowest BCUT2D eigenvalue weighted by molar-refractivity contribution is -0.135. The Bertz CT molecular complexity index is 2320. The van der Waals surface area contributed by atoms with Crippen LogP contribution in [-0.2, 0) is 16.1 Å². The molecule has 252 valence electrons. The number of aromatic amines is 1. The van der Waals surface area contributed by atoms with Crippen molar-refractivity contribution in [2.24, 2.45) is 0 Å². The average Bonchev–Trinajstić information content (AvgIpc) is 3.50. The van der Waals surface area contributed by atoms with E-state index < -0.39 is 5.92 Å². The van der Waals surface area contributed by atoms with E-state index in [1.807, 2.05) is 29.2 Å². The number of halogens is 1. The lowest BCUT2D eigenvalue weighted by atomic mass is 9.97. The zero-order valence-electron chi connectivity index (χ0n) is 27.0. The molecular formula is C37H33ClN8O4. The first-order chi connectivity index (χ1) is 24.4. The van der Waals surface area contributed by atoms with E-state index >= 15 is 0 Å². The van der Waals surface area contributed by atoms with Gasteiger partial charge >= 0.3 is 0 Å². The molecule has 7 rings (SSSR count). The van der Waals surface area contributed by atoms with E-state index in [0.717, 1.165) is 11.1 Å². The quantitative estimate of drug-likeness (QED) is 0.149. The van der Waals surface area contributed by atoms with Crippen molar-refractivity contribution in [3.8, 4) is 28.8 Å². The molecule has 1 unspecified atom stereocenters. The lowest BCUT2D eigenvalue weighted by Crippen LogP contribution is -2.40. The number of anilines is 1. The number of fused-ring (bicyclic) bond motifs is 2. The first-order valence-corrected chi connectivity index (χ1v) is 16.6. The fourth-order valence-corrected chi connectivity index (χ4v) is 6.36. The van der Waals surface area contributed by atoms with Crippen molar-refractivity contribution in [2.75, 3.05) is 32.0 Å². The van der Waals surface area contributed by atoms with Gasteiger partial charge in [-0.15, -0.1) is 0 Å². The third-order valence-corrected chi connectivity index (χ3v) is 8.90. The van der Waals surface area contributed by atoms with Gasteiger partial charge in [0.05, 0.1) is 42.0 Å². The number of hydrogen-bond acceptors (Lipinski definition) is 9. The highest BCUT2D eigenvalue weighted by molar-refractivity contribution is 6.30. The van der Waals surface area contributed by atoms with Gasteiger partial charge in [0.25, 0.3) is 5.56 Å². The molecule has 0 spiro atoms. The molecule has 4 heterocycles. The number of morpholine rings is 1. The maximum absolute atomic E-state index is 13.8. The van der Waals surface area contributed by atoms with Crippen LogP contribution in [0.1, 0.15) is 42.1 Å². The number of aromatic hydroxyl groups is 1. The number of carbonyl (C=O) groups is 1. The molecule has 50 heavy (non-hydrogen) atoms.